The third-order valence-corrected chi connectivity index (χ3v) is 5.98. The number of carbonyl (C=O) groups is 2. The molecule has 7 heteroatoms. The molecule has 0 spiro atoms. The van der Waals surface area contributed by atoms with Gasteiger partial charge in [0.15, 0.2) is 0 Å². The molecule has 2 amide bonds. The number of thiophene rings is 1. The smallest absolute Gasteiger partial charge is 0.266 e. The van der Waals surface area contributed by atoms with E-state index in [9.17, 15) is 20.0 Å². The van der Waals surface area contributed by atoms with E-state index in [4.69, 9.17) is 4.74 Å². The molecular weight excluding hydrogens is 388 g/mol. The number of rotatable bonds is 4. The molecule has 0 saturated heterocycles. The van der Waals surface area contributed by atoms with Gasteiger partial charge < -0.3 is 9.84 Å². The van der Waals surface area contributed by atoms with Crippen molar-refractivity contribution >= 4 is 28.2 Å². The third-order valence-electron chi connectivity index (χ3n) is 4.89. The zero-order chi connectivity index (χ0) is 20.7. The van der Waals surface area contributed by atoms with Crippen LogP contribution in [0.3, 0.4) is 0 Å². The van der Waals surface area contributed by atoms with Crippen LogP contribution < -0.4 is 9.64 Å². The van der Waals surface area contributed by atoms with E-state index in [2.05, 4.69) is 6.07 Å². The highest BCUT2D eigenvalue weighted by atomic mass is 32.1. The zero-order valence-electron chi connectivity index (χ0n) is 15.7. The van der Waals surface area contributed by atoms with Crippen LogP contribution in [0.5, 0.6) is 5.75 Å². The van der Waals surface area contributed by atoms with E-state index in [1.54, 1.807) is 25.3 Å². The summed E-state index contributed by atoms with van der Waals surface area (Å²) in [6, 6.07) is 14.1. The van der Waals surface area contributed by atoms with Gasteiger partial charge in [-0.05, 0) is 42.3 Å². The van der Waals surface area contributed by atoms with E-state index < -0.39 is 11.8 Å². The Hall–Kier alpha value is -3.47. The Kier molecular flexibility index (Phi) is 4.66. The topological polar surface area (TPSA) is 90.6 Å². The van der Waals surface area contributed by atoms with Gasteiger partial charge in [0.25, 0.3) is 11.8 Å². The number of fused-ring (bicyclic) bond motifs is 1. The first-order valence-corrected chi connectivity index (χ1v) is 9.62. The van der Waals surface area contributed by atoms with Crippen LogP contribution >= 0.6 is 11.3 Å². The van der Waals surface area contributed by atoms with E-state index in [1.807, 2.05) is 19.1 Å². The highest BCUT2D eigenvalue weighted by molar-refractivity contribution is 7.17. The number of aliphatic hydroxyl groups is 1. The number of aryl methyl sites for hydroxylation is 1. The van der Waals surface area contributed by atoms with Crippen LogP contribution in [0.15, 0.2) is 42.5 Å². The van der Waals surface area contributed by atoms with Crippen molar-refractivity contribution in [3.63, 3.8) is 0 Å². The van der Waals surface area contributed by atoms with Crippen molar-refractivity contribution in [2.45, 2.75) is 13.5 Å². The van der Waals surface area contributed by atoms with Crippen LogP contribution in [0.2, 0.25) is 0 Å². The first kappa shape index (κ1) is 18.9. The molecule has 2 heterocycles. The summed E-state index contributed by atoms with van der Waals surface area (Å²) in [5.74, 6) is -0.256. The molecule has 0 aliphatic carbocycles. The van der Waals surface area contributed by atoms with Gasteiger partial charge in [-0.1, -0.05) is 18.2 Å². The molecular formula is C22H16N2O4S. The Morgan fingerprint density at radius 3 is 2.41 bits per heavy atom. The van der Waals surface area contributed by atoms with Crippen LogP contribution in [0.4, 0.5) is 5.00 Å². The molecule has 2 aromatic carbocycles. The van der Waals surface area contributed by atoms with Gasteiger partial charge in [-0.3, -0.25) is 9.59 Å². The van der Waals surface area contributed by atoms with E-state index in [0.29, 0.717) is 21.9 Å². The Balaban J connectivity index is 1.83. The summed E-state index contributed by atoms with van der Waals surface area (Å²) < 4.78 is 5.18. The fourth-order valence-corrected chi connectivity index (χ4v) is 4.59. The molecule has 4 rings (SSSR count). The molecule has 0 bridgehead atoms. The molecule has 29 heavy (non-hydrogen) atoms. The van der Waals surface area contributed by atoms with Crippen LogP contribution in [0, 0.1) is 18.3 Å². The molecule has 0 radical (unpaired) electrons. The predicted octanol–water partition coefficient (Wildman–Crippen LogP) is 3.90. The van der Waals surface area contributed by atoms with Gasteiger partial charge in [-0.2, -0.15) is 5.26 Å². The lowest BCUT2D eigenvalue weighted by atomic mass is 10.0. The van der Waals surface area contributed by atoms with Crippen molar-refractivity contribution in [2.75, 3.05) is 12.0 Å². The van der Waals surface area contributed by atoms with Crippen molar-refractivity contribution in [3.8, 4) is 22.9 Å². The number of imide groups is 1. The number of ether oxygens (including phenoxy) is 1. The maximum Gasteiger partial charge on any atom is 0.266 e. The van der Waals surface area contributed by atoms with E-state index in [0.717, 1.165) is 15.3 Å². The molecule has 1 aliphatic heterocycles. The first-order valence-electron chi connectivity index (χ1n) is 8.80. The summed E-state index contributed by atoms with van der Waals surface area (Å²) >= 11 is 1.24. The Bertz CT molecular complexity index is 1190. The lowest BCUT2D eigenvalue weighted by Crippen LogP contribution is -2.29. The molecule has 0 fully saturated rings. The molecule has 3 aromatic rings. The van der Waals surface area contributed by atoms with Gasteiger partial charge in [-0.15, -0.1) is 11.3 Å². The second kappa shape index (κ2) is 7.17. The molecule has 0 saturated carbocycles. The molecule has 1 N–H and O–H groups in total. The van der Waals surface area contributed by atoms with Crippen molar-refractivity contribution in [1.29, 1.82) is 5.26 Å². The summed E-state index contributed by atoms with van der Waals surface area (Å²) in [5.41, 5.74) is 2.85. The summed E-state index contributed by atoms with van der Waals surface area (Å²) in [6.07, 6.45) is 0. The molecule has 0 unspecified atom stereocenters. The van der Waals surface area contributed by atoms with E-state index in [1.165, 1.54) is 23.5 Å². The lowest BCUT2D eigenvalue weighted by molar-refractivity contribution is 0.0927. The summed E-state index contributed by atoms with van der Waals surface area (Å²) in [5, 5.41) is 19.5. The van der Waals surface area contributed by atoms with Gasteiger partial charge in [0.1, 0.15) is 16.8 Å². The number of aliphatic hydroxyl groups excluding tert-OH is 1. The monoisotopic (exact) mass is 404 g/mol. The van der Waals surface area contributed by atoms with Gasteiger partial charge in [-0.25, -0.2) is 4.90 Å². The summed E-state index contributed by atoms with van der Waals surface area (Å²) in [6.45, 7) is 1.63. The van der Waals surface area contributed by atoms with Crippen LogP contribution in [-0.4, -0.2) is 24.0 Å². The first-order chi connectivity index (χ1) is 14.0. The highest BCUT2D eigenvalue weighted by Gasteiger charge is 2.39. The molecule has 1 aliphatic rings. The SMILES string of the molecule is COc1ccc(-c2c(C)sc(N3C(=O)c4ccc(CO)cc4C3=O)c2C#N)cc1. The second-order valence-corrected chi connectivity index (χ2v) is 7.74. The quantitative estimate of drug-likeness (QED) is 0.666. The Morgan fingerprint density at radius 2 is 1.79 bits per heavy atom. The average molecular weight is 404 g/mol. The maximum atomic E-state index is 13.0. The predicted molar refractivity (Wildman–Crippen MR) is 109 cm³/mol. The number of carbonyl (C=O) groups excluding carboxylic acids is 2. The minimum atomic E-state index is -0.487. The number of benzene rings is 2. The van der Waals surface area contributed by atoms with Crippen LogP contribution in [0.1, 0.15) is 36.7 Å². The van der Waals surface area contributed by atoms with Crippen molar-refractivity contribution < 1.29 is 19.4 Å². The zero-order valence-corrected chi connectivity index (χ0v) is 16.5. The number of hydrogen-bond acceptors (Lipinski definition) is 6. The van der Waals surface area contributed by atoms with E-state index >= 15 is 0 Å². The Morgan fingerprint density at radius 1 is 1.10 bits per heavy atom. The maximum absolute atomic E-state index is 13.0. The minimum absolute atomic E-state index is 0.224. The van der Waals surface area contributed by atoms with Crippen molar-refractivity contribution in [1.82, 2.24) is 0 Å². The minimum Gasteiger partial charge on any atom is -0.497 e. The van der Waals surface area contributed by atoms with Gasteiger partial charge >= 0.3 is 0 Å². The molecule has 6 nitrogen and oxygen atoms in total. The summed E-state index contributed by atoms with van der Waals surface area (Å²) in [7, 11) is 1.58. The fourth-order valence-electron chi connectivity index (χ4n) is 3.47. The number of nitrogens with zero attached hydrogens (tertiary/aromatic N) is 2. The van der Waals surface area contributed by atoms with Crippen LogP contribution in [0.25, 0.3) is 11.1 Å². The third kappa shape index (κ3) is 2.90. The largest absolute Gasteiger partial charge is 0.497 e. The standard InChI is InChI=1S/C22H16N2O4S/c1-12-19(14-4-6-15(28-2)7-5-14)18(10-23)22(29-12)24-20(26)16-8-3-13(11-25)9-17(16)21(24)27/h3-9,25H,11H2,1-2H3. The second-order valence-electron chi connectivity index (χ2n) is 6.54. The van der Waals surface area contributed by atoms with Crippen molar-refractivity contribution in [3.05, 3.63) is 69.6 Å². The van der Waals surface area contributed by atoms with E-state index in [-0.39, 0.29) is 23.3 Å². The molecule has 1 aromatic heterocycles. The number of hydrogen-bond donors (Lipinski definition) is 1. The van der Waals surface area contributed by atoms with Gasteiger partial charge in [0, 0.05) is 10.4 Å². The van der Waals surface area contributed by atoms with Crippen molar-refractivity contribution in [2.24, 2.45) is 0 Å². The fraction of sp³-hybridized carbons (Fsp3) is 0.136. The lowest BCUT2D eigenvalue weighted by Gasteiger charge is -2.12. The number of amides is 2. The van der Waals surface area contributed by atoms with Gasteiger partial charge in [0.2, 0.25) is 0 Å². The number of anilines is 1. The van der Waals surface area contributed by atoms with Gasteiger partial charge in [0.05, 0.1) is 30.4 Å². The average Bonchev–Trinajstić information content (AvgIpc) is 3.20. The molecule has 0 atom stereocenters. The molecule has 144 valence electrons. The summed E-state index contributed by atoms with van der Waals surface area (Å²) in [4.78, 5) is 27.8. The highest BCUT2D eigenvalue weighted by Crippen LogP contribution is 2.44. The number of methoxy groups -OCH3 is 1. The van der Waals surface area contributed by atoms with Crippen LogP contribution in [-0.2, 0) is 6.61 Å². The number of nitriles is 1. The normalized spacial score (nSPS) is 12.8. The Labute approximate surface area is 171 Å².